The van der Waals surface area contributed by atoms with Gasteiger partial charge in [0.25, 0.3) is 0 Å². The predicted molar refractivity (Wildman–Crippen MR) is 77.4 cm³/mol. The van der Waals surface area contributed by atoms with Crippen molar-refractivity contribution in [2.45, 2.75) is 45.1 Å². The van der Waals surface area contributed by atoms with E-state index < -0.39 is 13.2 Å². The van der Waals surface area contributed by atoms with Crippen molar-refractivity contribution in [3.05, 3.63) is 10.9 Å². The first-order valence-electron chi connectivity index (χ1n) is 7.52. The van der Waals surface area contributed by atoms with E-state index in [1.807, 2.05) is 0 Å². The lowest BCUT2D eigenvalue weighted by Crippen LogP contribution is -2.51. The normalized spacial score (nSPS) is 36.9. The van der Waals surface area contributed by atoms with E-state index in [-0.39, 0.29) is 5.92 Å². The third kappa shape index (κ3) is 1.89. The summed E-state index contributed by atoms with van der Waals surface area (Å²) in [6.45, 7) is 3.60. The Bertz CT molecular complexity index is 483. The second-order valence-electron chi connectivity index (χ2n) is 6.92. The first-order chi connectivity index (χ1) is 9.33. The van der Waals surface area contributed by atoms with E-state index in [1.165, 1.54) is 27.1 Å². The molecule has 0 aromatic rings. The Labute approximate surface area is 121 Å². The molecule has 0 spiro atoms. The van der Waals surface area contributed by atoms with Crippen LogP contribution in [0.1, 0.15) is 39.5 Å². The largest absolute Gasteiger partial charge is 0.386 e. The van der Waals surface area contributed by atoms with Crippen molar-refractivity contribution in [1.29, 1.82) is 0 Å². The highest BCUT2D eigenvalue weighted by Crippen LogP contribution is 2.71. The van der Waals surface area contributed by atoms with Crippen LogP contribution < -0.4 is 0 Å². The Balaban J connectivity index is 2.18. The second-order valence-corrected chi connectivity index (χ2v) is 9.12. The molecule has 0 radical (unpaired) electrons. The molecule has 0 aliphatic heterocycles. The summed E-state index contributed by atoms with van der Waals surface area (Å²) in [7, 11) is -0.373. The third-order valence-corrected chi connectivity index (χ3v) is 7.76. The highest BCUT2D eigenvalue weighted by Gasteiger charge is 2.58. The highest BCUT2D eigenvalue weighted by molar-refractivity contribution is 7.58. The summed E-state index contributed by atoms with van der Waals surface area (Å²) in [5, 5.41) is 11.4. The van der Waals surface area contributed by atoms with Gasteiger partial charge in [-0.3, -0.25) is 4.57 Å². The van der Waals surface area contributed by atoms with Crippen molar-refractivity contribution >= 4 is 7.60 Å². The maximum Gasteiger partial charge on any atom is 0.357 e. The molecule has 4 aliphatic carbocycles. The van der Waals surface area contributed by atoms with Gasteiger partial charge >= 0.3 is 7.60 Å². The maximum absolute atomic E-state index is 13.0. The Morgan fingerprint density at radius 2 is 1.55 bits per heavy atom. The molecule has 4 nitrogen and oxygen atoms in total. The van der Waals surface area contributed by atoms with Gasteiger partial charge in [-0.2, -0.15) is 0 Å². The van der Waals surface area contributed by atoms with Gasteiger partial charge in [0.05, 0.1) is 5.60 Å². The van der Waals surface area contributed by atoms with Crippen molar-refractivity contribution in [3.63, 3.8) is 0 Å². The number of aliphatic hydroxyl groups is 1. The molecule has 0 aromatic heterocycles. The van der Waals surface area contributed by atoms with Crippen LogP contribution in [-0.4, -0.2) is 24.9 Å². The second kappa shape index (κ2) is 4.67. The van der Waals surface area contributed by atoms with Crippen LogP contribution in [0, 0.1) is 23.7 Å². The minimum Gasteiger partial charge on any atom is -0.386 e. The van der Waals surface area contributed by atoms with Gasteiger partial charge in [0.15, 0.2) is 0 Å². The summed E-state index contributed by atoms with van der Waals surface area (Å²) < 4.78 is 23.6. The summed E-state index contributed by atoms with van der Waals surface area (Å²) in [6.07, 6.45) is 4.60. The summed E-state index contributed by atoms with van der Waals surface area (Å²) in [5.41, 5.74) is -0.00638. The fraction of sp³-hybridized carbons (Fsp3) is 0.867. The molecular formula is C15H25O4P. The molecule has 0 aromatic carbocycles. The van der Waals surface area contributed by atoms with E-state index in [0.29, 0.717) is 17.8 Å². The zero-order valence-electron chi connectivity index (χ0n) is 12.8. The smallest absolute Gasteiger partial charge is 0.357 e. The minimum absolute atomic E-state index is 0.269. The van der Waals surface area contributed by atoms with Crippen molar-refractivity contribution < 1.29 is 18.7 Å². The number of rotatable bonds is 4. The van der Waals surface area contributed by atoms with Gasteiger partial charge in [0.1, 0.15) is 0 Å². The van der Waals surface area contributed by atoms with E-state index in [4.69, 9.17) is 9.05 Å². The average Bonchev–Trinajstić information content (AvgIpc) is 2.35. The van der Waals surface area contributed by atoms with Crippen LogP contribution in [0.5, 0.6) is 0 Å². The van der Waals surface area contributed by atoms with E-state index in [0.717, 1.165) is 23.7 Å². The average molecular weight is 300 g/mol. The zero-order chi connectivity index (χ0) is 14.7. The van der Waals surface area contributed by atoms with E-state index in [1.54, 1.807) is 13.8 Å². The molecule has 2 bridgehead atoms. The van der Waals surface area contributed by atoms with Crippen LogP contribution in [0.15, 0.2) is 10.9 Å². The van der Waals surface area contributed by atoms with Crippen molar-refractivity contribution in [2.24, 2.45) is 23.7 Å². The monoisotopic (exact) mass is 300 g/mol. The van der Waals surface area contributed by atoms with Crippen LogP contribution in [0.3, 0.4) is 0 Å². The van der Waals surface area contributed by atoms with E-state index >= 15 is 0 Å². The lowest BCUT2D eigenvalue weighted by molar-refractivity contribution is -0.0128. The van der Waals surface area contributed by atoms with Gasteiger partial charge in [0, 0.05) is 19.5 Å². The molecule has 2 saturated carbocycles. The summed E-state index contributed by atoms with van der Waals surface area (Å²) in [4.78, 5) is 0. The van der Waals surface area contributed by atoms with Crippen LogP contribution in [-0.2, 0) is 13.6 Å². The fourth-order valence-corrected chi connectivity index (χ4v) is 6.82. The van der Waals surface area contributed by atoms with Crippen molar-refractivity contribution in [2.75, 3.05) is 14.2 Å². The Kier molecular flexibility index (Phi) is 3.45. The first-order valence-corrected chi connectivity index (χ1v) is 9.06. The summed E-state index contributed by atoms with van der Waals surface area (Å²) >= 11 is 0. The minimum atomic E-state index is -3.26. The molecule has 114 valence electrons. The topological polar surface area (TPSA) is 55.8 Å². The van der Waals surface area contributed by atoms with Gasteiger partial charge in [-0.25, -0.2) is 0 Å². The number of allylic oxidation sites excluding steroid dienone is 1. The van der Waals surface area contributed by atoms with Gasteiger partial charge in [-0.1, -0.05) is 0 Å². The molecule has 4 rings (SSSR count). The molecule has 4 unspecified atom stereocenters. The fourth-order valence-electron chi connectivity index (χ4n) is 4.81. The molecule has 0 saturated heterocycles. The Morgan fingerprint density at radius 3 is 2.00 bits per heavy atom. The Hall–Kier alpha value is -0.150. The lowest BCUT2D eigenvalue weighted by atomic mass is 9.49. The molecule has 4 aliphatic rings. The van der Waals surface area contributed by atoms with Gasteiger partial charge < -0.3 is 14.2 Å². The molecule has 5 heteroatoms. The van der Waals surface area contributed by atoms with Gasteiger partial charge in [-0.15, -0.1) is 0 Å². The van der Waals surface area contributed by atoms with Gasteiger partial charge in [0.2, 0.25) is 0 Å². The Morgan fingerprint density at radius 1 is 1.05 bits per heavy atom. The van der Waals surface area contributed by atoms with Crippen LogP contribution in [0.2, 0.25) is 0 Å². The van der Waals surface area contributed by atoms with Crippen molar-refractivity contribution in [3.8, 4) is 0 Å². The molecule has 2 fully saturated rings. The van der Waals surface area contributed by atoms with Crippen molar-refractivity contribution in [1.82, 2.24) is 0 Å². The van der Waals surface area contributed by atoms with Crippen LogP contribution in [0.4, 0.5) is 0 Å². The summed E-state index contributed by atoms with van der Waals surface area (Å²) in [5.74, 6) is 1.91. The SMILES string of the molecule is COP(=O)(OC)C1=C(C(C)(C)O)C2CCC1C1CCC21. The molecule has 0 amide bonds. The maximum atomic E-state index is 13.0. The van der Waals surface area contributed by atoms with E-state index in [2.05, 4.69) is 0 Å². The van der Waals surface area contributed by atoms with Gasteiger partial charge in [-0.05, 0) is 68.8 Å². The van der Waals surface area contributed by atoms with E-state index in [9.17, 15) is 9.67 Å². The van der Waals surface area contributed by atoms with Crippen LogP contribution in [0.25, 0.3) is 0 Å². The quantitative estimate of drug-likeness (QED) is 0.807. The highest BCUT2D eigenvalue weighted by atomic mass is 31.2. The number of fused-ring (bicyclic) bond motifs is 1. The molecule has 20 heavy (non-hydrogen) atoms. The molecule has 1 N–H and O–H groups in total. The predicted octanol–water partition coefficient (Wildman–Crippen LogP) is 3.56. The zero-order valence-corrected chi connectivity index (χ0v) is 13.7. The molecule has 0 heterocycles. The number of hydrogen-bond acceptors (Lipinski definition) is 4. The van der Waals surface area contributed by atoms with Crippen LogP contribution >= 0.6 is 7.60 Å². The molecular weight excluding hydrogens is 275 g/mol. The standard InChI is InChI=1S/C15H25O4P/c1-15(2,16)13-11-7-8-12(10-6-5-9(10)11)14(13)20(17,18-3)19-4/h9-12,16H,5-8H2,1-4H3. The molecule has 4 atom stereocenters. The summed E-state index contributed by atoms with van der Waals surface area (Å²) in [6, 6.07) is 0. The number of hydrogen-bond donors (Lipinski definition) is 1. The lowest BCUT2D eigenvalue weighted by Gasteiger charge is -2.58. The third-order valence-electron chi connectivity index (χ3n) is 5.64. The first kappa shape index (κ1) is 14.8.